The molecule has 0 aliphatic heterocycles. The summed E-state index contributed by atoms with van der Waals surface area (Å²) in [5.41, 5.74) is 4.16. The number of hydrogen-bond acceptors (Lipinski definition) is 5. The van der Waals surface area contributed by atoms with Gasteiger partial charge in [-0.3, -0.25) is 9.59 Å². The summed E-state index contributed by atoms with van der Waals surface area (Å²) in [4.78, 5) is 34.7. The fourth-order valence-corrected chi connectivity index (χ4v) is 1.74. The van der Waals surface area contributed by atoms with E-state index in [1.165, 1.54) is 0 Å². The fraction of sp³-hybridized carbons (Fsp3) is 0.769. The SMILES string of the molecule is CC(C)(C)OC(=O)C[C@H](NC(=O)C1(CN)CC1)C(=O)O. The molecular formula is C13H22N2O5. The lowest BCUT2D eigenvalue weighted by Gasteiger charge is -2.22. The molecule has 7 nitrogen and oxygen atoms in total. The normalized spacial score (nSPS) is 18.0. The van der Waals surface area contributed by atoms with Gasteiger partial charge >= 0.3 is 11.9 Å². The smallest absolute Gasteiger partial charge is 0.326 e. The second-order valence-corrected chi connectivity index (χ2v) is 6.14. The summed E-state index contributed by atoms with van der Waals surface area (Å²) in [5, 5.41) is 11.4. The van der Waals surface area contributed by atoms with Crippen LogP contribution < -0.4 is 11.1 Å². The van der Waals surface area contributed by atoms with E-state index in [0.717, 1.165) is 0 Å². The Morgan fingerprint density at radius 2 is 1.90 bits per heavy atom. The Balaban J connectivity index is 2.60. The van der Waals surface area contributed by atoms with Crippen LogP contribution in [-0.2, 0) is 19.1 Å². The van der Waals surface area contributed by atoms with E-state index in [1.807, 2.05) is 0 Å². The van der Waals surface area contributed by atoms with Crippen LogP contribution >= 0.6 is 0 Å². The molecule has 0 spiro atoms. The van der Waals surface area contributed by atoms with Crippen LogP contribution in [-0.4, -0.2) is 41.1 Å². The molecule has 0 aromatic rings. The van der Waals surface area contributed by atoms with Crippen molar-refractivity contribution in [1.82, 2.24) is 5.32 Å². The number of esters is 1. The molecular weight excluding hydrogens is 264 g/mol. The van der Waals surface area contributed by atoms with Gasteiger partial charge in [-0.25, -0.2) is 4.79 Å². The van der Waals surface area contributed by atoms with E-state index >= 15 is 0 Å². The number of amides is 1. The molecule has 0 aromatic heterocycles. The summed E-state index contributed by atoms with van der Waals surface area (Å²) in [6.07, 6.45) is 0.890. The molecule has 0 saturated heterocycles. The lowest BCUT2D eigenvalue weighted by Crippen LogP contribution is -2.47. The Hall–Kier alpha value is -1.63. The standard InChI is InChI=1S/C13H22N2O5/c1-12(2,3)20-9(16)6-8(10(17)18)15-11(19)13(7-14)4-5-13/h8H,4-7,14H2,1-3H3,(H,15,19)(H,17,18)/t8-/m0/s1. The molecule has 0 unspecified atom stereocenters. The van der Waals surface area contributed by atoms with Gasteiger partial charge < -0.3 is 20.9 Å². The van der Waals surface area contributed by atoms with Crippen LogP contribution in [0.5, 0.6) is 0 Å². The molecule has 1 saturated carbocycles. The van der Waals surface area contributed by atoms with Crippen molar-refractivity contribution in [2.75, 3.05) is 6.54 Å². The van der Waals surface area contributed by atoms with Crippen molar-refractivity contribution in [1.29, 1.82) is 0 Å². The molecule has 20 heavy (non-hydrogen) atoms. The van der Waals surface area contributed by atoms with Crippen molar-refractivity contribution < 1.29 is 24.2 Å². The average molecular weight is 286 g/mol. The molecule has 1 aliphatic carbocycles. The largest absolute Gasteiger partial charge is 0.480 e. The predicted molar refractivity (Wildman–Crippen MR) is 70.7 cm³/mol. The first-order valence-corrected chi connectivity index (χ1v) is 6.55. The van der Waals surface area contributed by atoms with Crippen LogP contribution in [0.15, 0.2) is 0 Å². The maximum atomic E-state index is 11.9. The van der Waals surface area contributed by atoms with Gasteiger partial charge in [0.05, 0.1) is 11.8 Å². The Kier molecular flexibility index (Phi) is 4.75. The summed E-state index contributed by atoms with van der Waals surface area (Å²) < 4.78 is 5.05. The quantitative estimate of drug-likeness (QED) is 0.593. The summed E-state index contributed by atoms with van der Waals surface area (Å²) in [7, 11) is 0. The van der Waals surface area contributed by atoms with Gasteiger partial charge in [0.25, 0.3) is 0 Å². The van der Waals surface area contributed by atoms with E-state index in [-0.39, 0.29) is 6.54 Å². The minimum Gasteiger partial charge on any atom is -0.480 e. The summed E-state index contributed by atoms with van der Waals surface area (Å²) in [6.45, 7) is 5.24. The molecule has 1 aliphatic rings. The molecule has 7 heteroatoms. The third kappa shape index (κ3) is 4.48. The van der Waals surface area contributed by atoms with Crippen LogP contribution in [0.2, 0.25) is 0 Å². The highest BCUT2D eigenvalue weighted by Crippen LogP contribution is 2.44. The van der Waals surface area contributed by atoms with Gasteiger partial charge in [-0.15, -0.1) is 0 Å². The van der Waals surface area contributed by atoms with Crippen LogP contribution in [0.25, 0.3) is 0 Å². The zero-order valence-electron chi connectivity index (χ0n) is 12.1. The first kappa shape index (κ1) is 16.4. The van der Waals surface area contributed by atoms with Gasteiger partial charge in [0, 0.05) is 6.54 Å². The number of ether oxygens (including phenoxy) is 1. The summed E-state index contributed by atoms with van der Waals surface area (Å²) in [5.74, 6) is -2.34. The maximum Gasteiger partial charge on any atom is 0.326 e. The number of carbonyl (C=O) groups is 3. The second-order valence-electron chi connectivity index (χ2n) is 6.14. The number of nitrogens with two attached hydrogens (primary N) is 1. The van der Waals surface area contributed by atoms with Crippen LogP contribution in [0.3, 0.4) is 0 Å². The van der Waals surface area contributed by atoms with Crippen LogP contribution in [0, 0.1) is 5.41 Å². The Bertz CT molecular complexity index is 409. The molecule has 0 bridgehead atoms. The fourth-order valence-electron chi connectivity index (χ4n) is 1.74. The van der Waals surface area contributed by atoms with Gasteiger partial charge in [-0.2, -0.15) is 0 Å². The van der Waals surface area contributed by atoms with Gasteiger partial charge in [-0.1, -0.05) is 0 Å². The van der Waals surface area contributed by atoms with Crippen LogP contribution in [0.4, 0.5) is 0 Å². The molecule has 0 heterocycles. The van der Waals surface area contributed by atoms with E-state index in [0.29, 0.717) is 12.8 Å². The van der Waals surface area contributed by atoms with Gasteiger partial charge in [0.15, 0.2) is 0 Å². The first-order chi connectivity index (χ1) is 9.09. The first-order valence-electron chi connectivity index (χ1n) is 6.55. The zero-order chi connectivity index (χ0) is 15.6. The van der Waals surface area contributed by atoms with Crippen molar-refractivity contribution in [3.8, 4) is 0 Å². The van der Waals surface area contributed by atoms with Gasteiger partial charge in [0.1, 0.15) is 11.6 Å². The molecule has 4 N–H and O–H groups in total. The minimum absolute atomic E-state index is 0.178. The third-order valence-electron chi connectivity index (χ3n) is 3.12. The molecule has 114 valence electrons. The van der Waals surface area contributed by atoms with Crippen LogP contribution in [0.1, 0.15) is 40.0 Å². The van der Waals surface area contributed by atoms with Crippen molar-refractivity contribution in [3.05, 3.63) is 0 Å². The third-order valence-corrected chi connectivity index (χ3v) is 3.12. The molecule has 0 radical (unpaired) electrons. The minimum atomic E-state index is -1.29. The van der Waals surface area contributed by atoms with Crippen molar-refractivity contribution in [2.45, 2.75) is 51.7 Å². The number of hydrogen-bond donors (Lipinski definition) is 3. The van der Waals surface area contributed by atoms with Crippen molar-refractivity contribution >= 4 is 17.8 Å². The van der Waals surface area contributed by atoms with Crippen molar-refractivity contribution in [2.24, 2.45) is 11.1 Å². The average Bonchev–Trinajstić information content (AvgIpc) is 3.05. The molecule has 1 amide bonds. The predicted octanol–water partition coefficient (Wildman–Crippen LogP) is 0.0265. The highest BCUT2D eigenvalue weighted by atomic mass is 16.6. The highest BCUT2D eigenvalue weighted by Gasteiger charge is 2.49. The van der Waals surface area contributed by atoms with E-state index in [2.05, 4.69) is 5.32 Å². The second kappa shape index (κ2) is 5.78. The summed E-state index contributed by atoms with van der Waals surface area (Å²) >= 11 is 0. The number of carboxylic acids is 1. The van der Waals surface area contributed by atoms with Crippen molar-refractivity contribution in [3.63, 3.8) is 0 Å². The van der Waals surface area contributed by atoms with E-state index in [1.54, 1.807) is 20.8 Å². The Morgan fingerprint density at radius 3 is 2.25 bits per heavy atom. The molecule has 1 rings (SSSR count). The number of carbonyl (C=O) groups excluding carboxylic acids is 2. The molecule has 0 aromatic carbocycles. The number of rotatable bonds is 6. The topological polar surface area (TPSA) is 119 Å². The summed E-state index contributed by atoms with van der Waals surface area (Å²) in [6, 6.07) is -1.29. The Labute approximate surface area is 117 Å². The van der Waals surface area contributed by atoms with E-state index < -0.39 is 41.3 Å². The van der Waals surface area contributed by atoms with Gasteiger partial charge in [0.2, 0.25) is 5.91 Å². The zero-order valence-corrected chi connectivity index (χ0v) is 12.1. The van der Waals surface area contributed by atoms with E-state index in [4.69, 9.17) is 15.6 Å². The highest BCUT2D eigenvalue weighted by molar-refractivity contribution is 5.91. The monoisotopic (exact) mass is 286 g/mol. The maximum absolute atomic E-state index is 11.9. The molecule has 1 fully saturated rings. The lowest BCUT2D eigenvalue weighted by molar-refractivity contribution is -0.158. The van der Waals surface area contributed by atoms with Gasteiger partial charge in [-0.05, 0) is 33.6 Å². The Morgan fingerprint density at radius 1 is 1.35 bits per heavy atom. The molecule has 1 atom stereocenters. The van der Waals surface area contributed by atoms with E-state index in [9.17, 15) is 14.4 Å². The number of nitrogens with one attached hydrogen (secondary N) is 1. The lowest BCUT2D eigenvalue weighted by atomic mass is 10.1. The number of carboxylic acid groups (broad SMARTS) is 1. The number of aliphatic carboxylic acids is 1.